The Labute approximate surface area is 144 Å². The minimum absolute atomic E-state index is 0.0158. The highest BCUT2D eigenvalue weighted by Gasteiger charge is 2.48. The lowest BCUT2D eigenvalue weighted by Crippen LogP contribution is -2.55. The molecule has 8 heteroatoms. The summed E-state index contributed by atoms with van der Waals surface area (Å²) in [6.45, 7) is 4.93. The molecule has 1 aromatic heterocycles. The van der Waals surface area contributed by atoms with E-state index in [1.807, 2.05) is 17.0 Å². The van der Waals surface area contributed by atoms with Crippen molar-refractivity contribution in [3.8, 4) is 0 Å². The molecule has 134 valence electrons. The number of pyridine rings is 1. The third-order valence-electron chi connectivity index (χ3n) is 4.43. The lowest BCUT2D eigenvalue weighted by molar-refractivity contribution is -0.0436. The van der Waals surface area contributed by atoms with E-state index in [0.29, 0.717) is 12.2 Å². The predicted octanol–water partition coefficient (Wildman–Crippen LogP) is 3.96. The molecule has 2 heterocycles. The van der Waals surface area contributed by atoms with Gasteiger partial charge in [0.1, 0.15) is 0 Å². The van der Waals surface area contributed by atoms with Gasteiger partial charge in [0.15, 0.2) is 0 Å². The Kier molecular flexibility index (Phi) is 4.06. The first kappa shape index (κ1) is 17.7. The van der Waals surface area contributed by atoms with Gasteiger partial charge < -0.3 is 4.90 Å². The number of nitrogens with zero attached hydrogens (tertiary/aromatic N) is 2. The van der Waals surface area contributed by atoms with Crippen LogP contribution in [0.15, 0.2) is 53.7 Å². The maximum absolute atomic E-state index is 12.6. The van der Waals surface area contributed by atoms with Gasteiger partial charge in [0.2, 0.25) is 0 Å². The Balaban J connectivity index is 1.91. The van der Waals surface area contributed by atoms with Crippen molar-refractivity contribution >= 4 is 15.5 Å². The third kappa shape index (κ3) is 2.99. The molecule has 0 spiro atoms. The highest BCUT2D eigenvalue weighted by Crippen LogP contribution is 2.50. The number of alkyl halides is 3. The lowest BCUT2D eigenvalue weighted by atomic mass is 9.71. The molecular formula is C17H17F3N2O2S. The van der Waals surface area contributed by atoms with Crippen LogP contribution < -0.4 is 4.90 Å². The van der Waals surface area contributed by atoms with Crippen LogP contribution in [0.25, 0.3) is 0 Å². The molecule has 1 atom stereocenters. The Bertz CT molecular complexity index is 863. The number of halogens is 3. The minimum atomic E-state index is -5.32. The van der Waals surface area contributed by atoms with E-state index in [1.54, 1.807) is 12.4 Å². The highest BCUT2D eigenvalue weighted by molar-refractivity contribution is 7.92. The molecule has 1 aliphatic heterocycles. The van der Waals surface area contributed by atoms with E-state index in [1.165, 1.54) is 12.1 Å². The zero-order valence-electron chi connectivity index (χ0n) is 13.7. The Morgan fingerprint density at radius 2 is 1.64 bits per heavy atom. The summed E-state index contributed by atoms with van der Waals surface area (Å²) in [6, 6.07) is 8.70. The fraction of sp³-hybridized carbons (Fsp3) is 0.353. The van der Waals surface area contributed by atoms with Crippen LogP contribution >= 0.6 is 0 Å². The molecule has 3 rings (SSSR count). The van der Waals surface area contributed by atoms with Crippen LogP contribution in [0.1, 0.15) is 25.5 Å². The molecule has 0 radical (unpaired) electrons. The van der Waals surface area contributed by atoms with E-state index in [9.17, 15) is 21.6 Å². The van der Waals surface area contributed by atoms with E-state index in [4.69, 9.17) is 0 Å². The summed E-state index contributed by atoms with van der Waals surface area (Å²) in [5.41, 5.74) is -3.58. The second-order valence-corrected chi connectivity index (χ2v) is 8.68. The zero-order chi connectivity index (χ0) is 18.5. The van der Waals surface area contributed by atoms with Gasteiger partial charge in [0, 0.05) is 30.0 Å². The van der Waals surface area contributed by atoms with Gasteiger partial charge in [-0.1, -0.05) is 13.8 Å². The smallest absolute Gasteiger partial charge is 0.363 e. The Morgan fingerprint density at radius 3 is 2.12 bits per heavy atom. The molecule has 1 saturated heterocycles. The first-order chi connectivity index (χ1) is 11.5. The summed E-state index contributed by atoms with van der Waals surface area (Å²) in [5.74, 6) is 0. The fourth-order valence-electron chi connectivity index (χ4n) is 3.29. The number of benzene rings is 1. The van der Waals surface area contributed by atoms with Crippen LogP contribution in [0.2, 0.25) is 0 Å². The monoisotopic (exact) mass is 370 g/mol. The first-order valence-electron chi connectivity index (χ1n) is 7.62. The van der Waals surface area contributed by atoms with Crippen molar-refractivity contribution in [3.63, 3.8) is 0 Å². The molecule has 1 fully saturated rings. The van der Waals surface area contributed by atoms with Crippen molar-refractivity contribution in [2.45, 2.75) is 30.3 Å². The summed E-state index contributed by atoms with van der Waals surface area (Å²) in [5, 5.41) is 0. The highest BCUT2D eigenvalue weighted by atomic mass is 32.2. The van der Waals surface area contributed by atoms with Crippen LogP contribution in [0, 0.1) is 5.41 Å². The van der Waals surface area contributed by atoms with Gasteiger partial charge in [0.05, 0.1) is 10.9 Å². The number of aromatic nitrogens is 1. The summed E-state index contributed by atoms with van der Waals surface area (Å²) < 4.78 is 60.8. The average Bonchev–Trinajstić information content (AvgIpc) is 2.53. The second-order valence-electron chi connectivity index (χ2n) is 6.74. The van der Waals surface area contributed by atoms with Crippen molar-refractivity contribution in [2.24, 2.45) is 5.41 Å². The standard InChI is InChI=1S/C17H17F3N2O2S/c1-16(2)11-22(15(16)12-7-9-21-10-8-12)13-3-5-14(6-4-13)25(23,24)17(18,19)20/h3-10,15H,11H2,1-2H3/t15-/m0/s1. The predicted molar refractivity (Wildman–Crippen MR) is 87.8 cm³/mol. The molecule has 0 saturated carbocycles. The number of rotatable bonds is 3. The van der Waals surface area contributed by atoms with Gasteiger partial charge in [-0.15, -0.1) is 0 Å². The van der Waals surface area contributed by atoms with Crippen molar-refractivity contribution in [3.05, 3.63) is 54.4 Å². The third-order valence-corrected chi connectivity index (χ3v) is 5.94. The summed E-state index contributed by atoms with van der Waals surface area (Å²) in [4.78, 5) is 5.30. The molecule has 25 heavy (non-hydrogen) atoms. The molecule has 0 bridgehead atoms. The van der Waals surface area contributed by atoms with E-state index in [-0.39, 0.29) is 11.5 Å². The minimum Gasteiger partial charge on any atom is -0.363 e. The van der Waals surface area contributed by atoms with Crippen LogP contribution in [-0.2, 0) is 9.84 Å². The van der Waals surface area contributed by atoms with Gasteiger partial charge in [-0.05, 0) is 42.0 Å². The zero-order valence-corrected chi connectivity index (χ0v) is 14.5. The topological polar surface area (TPSA) is 50.3 Å². The molecule has 0 unspecified atom stereocenters. The molecule has 1 aliphatic rings. The quantitative estimate of drug-likeness (QED) is 0.821. The molecule has 0 amide bonds. The molecule has 2 aromatic rings. The van der Waals surface area contributed by atoms with E-state index in [2.05, 4.69) is 18.8 Å². The SMILES string of the molecule is CC1(C)CN(c2ccc(S(=O)(=O)C(F)(F)F)cc2)[C@H]1c1ccncc1. The van der Waals surface area contributed by atoms with Crippen LogP contribution in [0.5, 0.6) is 0 Å². The molecule has 4 nitrogen and oxygen atoms in total. The van der Waals surface area contributed by atoms with E-state index in [0.717, 1.165) is 17.7 Å². The number of sulfone groups is 1. The van der Waals surface area contributed by atoms with E-state index < -0.39 is 20.2 Å². The van der Waals surface area contributed by atoms with Crippen molar-refractivity contribution in [1.29, 1.82) is 0 Å². The largest absolute Gasteiger partial charge is 0.501 e. The summed E-state index contributed by atoms with van der Waals surface area (Å²) >= 11 is 0. The average molecular weight is 370 g/mol. The summed E-state index contributed by atoms with van der Waals surface area (Å²) in [6.07, 6.45) is 3.39. The lowest BCUT2D eigenvalue weighted by Gasteiger charge is -2.56. The molecular weight excluding hydrogens is 353 g/mol. The van der Waals surface area contributed by atoms with Gasteiger partial charge in [-0.25, -0.2) is 8.42 Å². The second kappa shape index (κ2) is 5.72. The first-order valence-corrected chi connectivity index (χ1v) is 9.10. The maximum atomic E-state index is 12.6. The van der Waals surface area contributed by atoms with Crippen LogP contribution in [0.3, 0.4) is 0 Å². The summed E-state index contributed by atoms with van der Waals surface area (Å²) in [7, 11) is -5.32. The van der Waals surface area contributed by atoms with Crippen molar-refractivity contribution < 1.29 is 21.6 Å². The molecule has 1 aromatic carbocycles. The van der Waals surface area contributed by atoms with Gasteiger partial charge in [0.25, 0.3) is 9.84 Å². The Hall–Kier alpha value is -2.09. The normalized spacial score (nSPS) is 20.2. The van der Waals surface area contributed by atoms with Gasteiger partial charge in [-0.3, -0.25) is 4.98 Å². The number of anilines is 1. The van der Waals surface area contributed by atoms with Gasteiger partial charge in [-0.2, -0.15) is 13.2 Å². The molecule has 0 N–H and O–H groups in total. The Morgan fingerprint density at radius 1 is 1.08 bits per heavy atom. The number of hydrogen-bond acceptors (Lipinski definition) is 4. The fourth-order valence-corrected chi connectivity index (χ4v) is 4.06. The van der Waals surface area contributed by atoms with Crippen LogP contribution in [0.4, 0.5) is 18.9 Å². The van der Waals surface area contributed by atoms with Gasteiger partial charge >= 0.3 is 5.51 Å². The molecule has 0 aliphatic carbocycles. The van der Waals surface area contributed by atoms with Crippen LogP contribution in [-0.4, -0.2) is 25.5 Å². The van der Waals surface area contributed by atoms with Crippen molar-refractivity contribution in [1.82, 2.24) is 4.98 Å². The number of hydrogen-bond donors (Lipinski definition) is 0. The van der Waals surface area contributed by atoms with Crippen molar-refractivity contribution in [2.75, 3.05) is 11.4 Å². The van der Waals surface area contributed by atoms with E-state index >= 15 is 0 Å². The maximum Gasteiger partial charge on any atom is 0.501 e.